The molecule has 2 aliphatic heterocycles. The molecule has 1 saturated heterocycles. The summed E-state index contributed by atoms with van der Waals surface area (Å²) in [5, 5.41) is 14.7. The first-order valence-corrected chi connectivity index (χ1v) is 12.0. The lowest BCUT2D eigenvalue weighted by Crippen LogP contribution is -2.45. The monoisotopic (exact) mass is 464 g/mol. The van der Waals surface area contributed by atoms with E-state index in [4.69, 9.17) is 16.9 Å². The molecule has 1 unspecified atom stereocenters. The Labute approximate surface area is 204 Å². The molecule has 3 heterocycles. The predicted octanol–water partition coefficient (Wildman–Crippen LogP) is 2.68. The second-order valence-corrected chi connectivity index (χ2v) is 9.51. The number of pyridine rings is 1. The lowest BCUT2D eigenvalue weighted by molar-refractivity contribution is 0.219. The van der Waals surface area contributed by atoms with Crippen LogP contribution in [-0.4, -0.2) is 56.0 Å². The van der Waals surface area contributed by atoms with Crippen molar-refractivity contribution in [3.05, 3.63) is 59.5 Å². The summed E-state index contributed by atoms with van der Waals surface area (Å²) in [6.07, 6.45) is 14.9. The van der Waals surface area contributed by atoms with E-state index in [-0.39, 0.29) is 12.1 Å². The molecule has 3 rings (SSSR count). The minimum absolute atomic E-state index is 0.123. The van der Waals surface area contributed by atoms with Gasteiger partial charge in [0.05, 0.1) is 17.2 Å². The van der Waals surface area contributed by atoms with Gasteiger partial charge >= 0.3 is 0 Å². The van der Waals surface area contributed by atoms with E-state index in [1.165, 1.54) is 19.1 Å². The van der Waals surface area contributed by atoms with E-state index in [1.54, 1.807) is 6.20 Å². The molecule has 8 heteroatoms. The summed E-state index contributed by atoms with van der Waals surface area (Å²) in [5.41, 5.74) is 16.5. The predicted molar refractivity (Wildman–Crippen MR) is 143 cm³/mol. The first-order chi connectivity index (χ1) is 16.3. The van der Waals surface area contributed by atoms with Crippen molar-refractivity contribution in [2.24, 2.45) is 23.3 Å². The number of rotatable bonds is 9. The van der Waals surface area contributed by atoms with Crippen LogP contribution in [0.2, 0.25) is 0 Å². The number of fused-ring (bicyclic) bond motifs is 1. The number of hydrogen-bond donors (Lipinski definition) is 5. The largest absolute Gasteiger partial charge is 0.404 e. The van der Waals surface area contributed by atoms with Crippen molar-refractivity contribution in [3.63, 3.8) is 0 Å². The van der Waals surface area contributed by atoms with Gasteiger partial charge in [0.25, 0.3) is 0 Å². The highest BCUT2D eigenvalue weighted by molar-refractivity contribution is 6.08. The first-order valence-electron chi connectivity index (χ1n) is 12.0. The maximum Gasteiger partial charge on any atom is 0.120 e. The van der Waals surface area contributed by atoms with E-state index >= 15 is 0 Å². The Kier molecular flexibility index (Phi) is 8.76. The van der Waals surface area contributed by atoms with E-state index < -0.39 is 0 Å². The van der Waals surface area contributed by atoms with Crippen LogP contribution < -0.4 is 27.0 Å². The van der Waals surface area contributed by atoms with Crippen molar-refractivity contribution >= 4 is 23.6 Å². The number of likely N-dealkylation sites (tertiary alicyclic amines) is 1. The minimum atomic E-state index is -0.123. The van der Waals surface area contributed by atoms with Crippen molar-refractivity contribution < 1.29 is 0 Å². The summed E-state index contributed by atoms with van der Waals surface area (Å²) >= 11 is 0. The van der Waals surface area contributed by atoms with Gasteiger partial charge in [-0.25, -0.2) is 0 Å². The van der Waals surface area contributed by atoms with Crippen LogP contribution in [0.25, 0.3) is 11.6 Å². The van der Waals surface area contributed by atoms with Gasteiger partial charge in [-0.05, 0) is 80.9 Å². The van der Waals surface area contributed by atoms with Crippen LogP contribution in [0.4, 0.5) is 5.69 Å². The number of anilines is 1. The third-order valence-electron chi connectivity index (χ3n) is 6.62. The lowest BCUT2D eigenvalue weighted by Gasteiger charge is -2.33. The van der Waals surface area contributed by atoms with Crippen LogP contribution in [0.15, 0.2) is 48.2 Å². The second-order valence-electron chi connectivity index (χ2n) is 9.51. The van der Waals surface area contributed by atoms with Crippen LogP contribution in [0, 0.1) is 17.2 Å². The number of hydrogen-bond acceptors (Lipinski definition) is 8. The topological polar surface area (TPSA) is 119 Å². The third kappa shape index (κ3) is 6.41. The maximum absolute atomic E-state index is 7.94. The fraction of sp³-hybridized carbons (Fsp3) is 0.462. The van der Waals surface area contributed by atoms with E-state index in [2.05, 4.69) is 52.4 Å². The molecule has 0 aromatic carbocycles. The molecule has 1 aromatic heterocycles. The molecule has 34 heavy (non-hydrogen) atoms. The van der Waals surface area contributed by atoms with Gasteiger partial charge in [0.1, 0.15) is 6.17 Å². The van der Waals surface area contributed by atoms with Gasteiger partial charge in [0.2, 0.25) is 0 Å². The van der Waals surface area contributed by atoms with Crippen LogP contribution >= 0.6 is 0 Å². The summed E-state index contributed by atoms with van der Waals surface area (Å²) in [4.78, 5) is 9.11. The fourth-order valence-electron chi connectivity index (χ4n) is 4.25. The second kappa shape index (κ2) is 11.7. The van der Waals surface area contributed by atoms with Crippen LogP contribution in [0.5, 0.6) is 0 Å². The van der Waals surface area contributed by atoms with Gasteiger partial charge in [-0.2, -0.15) is 0 Å². The highest BCUT2D eigenvalue weighted by atomic mass is 15.3. The summed E-state index contributed by atoms with van der Waals surface area (Å²) in [7, 11) is 4.18. The van der Waals surface area contributed by atoms with Gasteiger partial charge in [0.15, 0.2) is 0 Å². The molecular formula is C26H40N8. The summed E-state index contributed by atoms with van der Waals surface area (Å²) in [6.45, 7) is 7.39. The molecule has 8 nitrogen and oxygen atoms in total. The molecule has 0 aliphatic carbocycles. The smallest absolute Gasteiger partial charge is 0.120 e. The van der Waals surface area contributed by atoms with Crippen LogP contribution in [0.3, 0.4) is 0 Å². The van der Waals surface area contributed by atoms with Gasteiger partial charge in [-0.1, -0.05) is 13.8 Å². The molecule has 7 N–H and O–H groups in total. The van der Waals surface area contributed by atoms with Crippen LogP contribution in [-0.2, 0) is 0 Å². The summed E-state index contributed by atoms with van der Waals surface area (Å²) in [6, 6.07) is 2.08. The number of aromatic nitrogens is 1. The van der Waals surface area contributed by atoms with Crippen molar-refractivity contribution in [2.75, 3.05) is 38.6 Å². The zero-order valence-corrected chi connectivity index (χ0v) is 20.9. The Morgan fingerprint density at radius 3 is 2.68 bits per heavy atom. The van der Waals surface area contributed by atoms with E-state index in [9.17, 15) is 0 Å². The first kappa shape index (κ1) is 25.4. The lowest BCUT2D eigenvalue weighted by atomic mass is 9.97. The van der Waals surface area contributed by atoms with Crippen LogP contribution in [0.1, 0.15) is 37.9 Å². The fourth-order valence-corrected chi connectivity index (χ4v) is 4.25. The molecule has 184 valence electrons. The average molecular weight is 465 g/mol. The molecule has 0 bridgehead atoms. The van der Waals surface area contributed by atoms with E-state index in [1.807, 2.05) is 37.7 Å². The number of allylic oxidation sites excluding steroid dienone is 3. The van der Waals surface area contributed by atoms with Gasteiger partial charge in [0, 0.05) is 43.3 Å². The molecule has 1 atom stereocenters. The van der Waals surface area contributed by atoms with E-state index in [0.29, 0.717) is 11.7 Å². The Morgan fingerprint density at radius 2 is 2.03 bits per heavy atom. The molecule has 0 radical (unpaired) electrons. The Bertz CT molecular complexity index is 967. The standard InChI is InChI=1S/C26H40N8/c1-18(2)20(13-27)12-25(29)32-26-6-5-23-24(34(26)4)11-21(17-31-23)22(14-28)16-30-15-19-7-9-33(3)10-8-19/h5-6,11-14,16-19,26,28,30,32H,7-10,15,27,29H2,1-4H3/b20-13+,22-16+,25-12+,28-14?. The highest BCUT2D eigenvalue weighted by Gasteiger charge is 2.21. The number of nitrogens with one attached hydrogen (secondary N) is 3. The minimum Gasteiger partial charge on any atom is -0.404 e. The molecule has 1 aromatic rings. The zero-order valence-electron chi connectivity index (χ0n) is 20.9. The van der Waals surface area contributed by atoms with Crippen molar-refractivity contribution in [3.8, 4) is 0 Å². The Morgan fingerprint density at radius 1 is 1.29 bits per heavy atom. The summed E-state index contributed by atoms with van der Waals surface area (Å²) < 4.78 is 0. The number of nitrogens with two attached hydrogens (primary N) is 2. The quantitative estimate of drug-likeness (QED) is 0.282. The van der Waals surface area contributed by atoms with E-state index in [0.717, 1.165) is 47.7 Å². The molecule has 0 amide bonds. The van der Waals surface area contributed by atoms with Gasteiger partial charge in [-0.3, -0.25) is 4.98 Å². The van der Waals surface area contributed by atoms with Crippen molar-refractivity contribution in [1.82, 2.24) is 20.5 Å². The highest BCUT2D eigenvalue weighted by Crippen LogP contribution is 2.28. The molecule has 0 saturated carbocycles. The normalized spacial score (nSPS) is 20.4. The van der Waals surface area contributed by atoms with Crippen molar-refractivity contribution in [2.45, 2.75) is 32.9 Å². The molecule has 2 aliphatic rings. The molecule has 1 fully saturated rings. The molecular weight excluding hydrogens is 424 g/mol. The SMILES string of the molecule is CC(C)C(=C/N)/C=C(\N)NC1C=Cc2ncc(/C(C=N)=C/NCC3CCN(C)CC3)cc2N1C. The Hall–Kier alpha value is -3.26. The maximum atomic E-state index is 7.94. The van der Waals surface area contributed by atoms with Crippen molar-refractivity contribution in [1.29, 1.82) is 5.41 Å². The average Bonchev–Trinajstić information content (AvgIpc) is 2.83. The third-order valence-corrected chi connectivity index (χ3v) is 6.62. The van der Waals surface area contributed by atoms with Gasteiger partial charge in [-0.15, -0.1) is 0 Å². The zero-order chi connectivity index (χ0) is 24.7. The molecule has 0 spiro atoms. The Balaban J connectivity index is 1.70. The number of piperidine rings is 1. The summed E-state index contributed by atoms with van der Waals surface area (Å²) in [5.74, 6) is 1.52. The van der Waals surface area contributed by atoms with Gasteiger partial charge < -0.3 is 37.3 Å². The number of likely N-dealkylation sites (N-methyl/N-ethyl adjacent to an activating group) is 1. The number of nitrogens with zero attached hydrogens (tertiary/aromatic N) is 3.